The lowest BCUT2D eigenvalue weighted by Crippen LogP contribution is -2.15. The van der Waals surface area contributed by atoms with Gasteiger partial charge in [-0.1, -0.05) is 114 Å². The molecule has 0 saturated heterocycles. The maximum absolute atomic E-state index is 2.42. The fourth-order valence-corrected chi connectivity index (χ4v) is 5.01. The standard InChI is InChI=1S/C28H40/c1-3-23-15-19-26(20-16-23)28(27-21-17-24(4-2)18-22-27)25-13-11-9-7-5-6-8-10-12-14-25/h15-22,25,28H,3-14H2,1-2H3. The van der Waals surface area contributed by atoms with Gasteiger partial charge in [0.25, 0.3) is 0 Å². The van der Waals surface area contributed by atoms with Gasteiger partial charge in [0.15, 0.2) is 0 Å². The van der Waals surface area contributed by atoms with E-state index in [9.17, 15) is 0 Å². The Balaban J connectivity index is 1.89. The molecule has 0 amide bonds. The van der Waals surface area contributed by atoms with Crippen molar-refractivity contribution in [2.75, 3.05) is 0 Å². The zero-order chi connectivity index (χ0) is 19.6. The van der Waals surface area contributed by atoms with E-state index >= 15 is 0 Å². The quantitative estimate of drug-likeness (QED) is 0.491. The van der Waals surface area contributed by atoms with Crippen molar-refractivity contribution in [3.8, 4) is 0 Å². The van der Waals surface area contributed by atoms with E-state index in [0.717, 1.165) is 18.8 Å². The summed E-state index contributed by atoms with van der Waals surface area (Å²) in [5.41, 5.74) is 5.96. The molecule has 0 spiro atoms. The summed E-state index contributed by atoms with van der Waals surface area (Å²) in [6.07, 6.45) is 16.4. The predicted octanol–water partition coefficient (Wildman–Crippen LogP) is 8.47. The zero-order valence-electron chi connectivity index (χ0n) is 18.3. The molecule has 1 aliphatic carbocycles. The SMILES string of the molecule is CCc1ccc(C(c2ccc(CC)cc2)C2CCCCCCCCCC2)cc1. The van der Waals surface area contributed by atoms with Crippen LogP contribution >= 0.6 is 0 Å². The Bertz CT molecular complexity index is 605. The van der Waals surface area contributed by atoms with Crippen LogP contribution in [-0.4, -0.2) is 0 Å². The lowest BCUT2D eigenvalue weighted by Gasteiger charge is -2.29. The molecule has 0 atom stereocenters. The molecular formula is C28H40. The second kappa shape index (κ2) is 11.4. The summed E-state index contributed by atoms with van der Waals surface area (Å²) in [6, 6.07) is 19.1. The van der Waals surface area contributed by atoms with Crippen molar-refractivity contribution in [1.29, 1.82) is 0 Å². The number of rotatable bonds is 5. The van der Waals surface area contributed by atoms with Gasteiger partial charge in [0, 0.05) is 5.92 Å². The minimum Gasteiger partial charge on any atom is -0.0613 e. The third kappa shape index (κ3) is 5.97. The molecule has 3 rings (SSSR count). The van der Waals surface area contributed by atoms with Crippen molar-refractivity contribution in [2.45, 2.75) is 96.8 Å². The first-order valence-corrected chi connectivity index (χ1v) is 12.0. The Morgan fingerprint density at radius 1 is 0.571 bits per heavy atom. The maximum Gasteiger partial charge on any atom is 0.0118 e. The molecule has 2 aromatic carbocycles. The number of hydrogen-bond donors (Lipinski definition) is 0. The summed E-state index contributed by atoms with van der Waals surface area (Å²) in [5, 5.41) is 0. The Morgan fingerprint density at radius 2 is 0.929 bits per heavy atom. The minimum atomic E-state index is 0.553. The molecule has 1 aliphatic rings. The second-order valence-electron chi connectivity index (χ2n) is 8.83. The average Bonchev–Trinajstić information content (AvgIpc) is 2.81. The molecule has 0 aromatic heterocycles. The molecule has 1 fully saturated rings. The molecule has 152 valence electrons. The molecule has 0 bridgehead atoms. The molecule has 0 aliphatic heterocycles. The van der Waals surface area contributed by atoms with E-state index < -0.39 is 0 Å². The third-order valence-corrected chi connectivity index (χ3v) is 6.87. The van der Waals surface area contributed by atoms with Gasteiger partial charge < -0.3 is 0 Å². The highest BCUT2D eigenvalue weighted by atomic mass is 14.3. The molecule has 0 heteroatoms. The van der Waals surface area contributed by atoms with Gasteiger partial charge in [-0.3, -0.25) is 0 Å². The van der Waals surface area contributed by atoms with E-state index in [1.807, 2.05) is 0 Å². The van der Waals surface area contributed by atoms with Crippen LogP contribution in [0.2, 0.25) is 0 Å². The first-order valence-electron chi connectivity index (χ1n) is 12.0. The second-order valence-corrected chi connectivity index (χ2v) is 8.83. The summed E-state index contributed by atoms with van der Waals surface area (Å²) in [6.45, 7) is 4.50. The number of aryl methyl sites for hydroxylation is 2. The lowest BCUT2D eigenvalue weighted by molar-refractivity contribution is 0.375. The van der Waals surface area contributed by atoms with Crippen molar-refractivity contribution in [2.24, 2.45) is 5.92 Å². The van der Waals surface area contributed by atoms with Crippen LogP contribution in [0.25, 0.3) is 0 Å². The molecular weight excluding hydrogens is 336 g/mol. The molecule has 1 saturated carbocycles. The van der Waals surface area contributed by atoms with Gasteiger partial charge in [0.1, 0.15) is 0 Å². The number of benzene rings is 2. The van der Waals surface area contributed by atoms with Crippen molar-refractivity contribution in [3.63, 3.8) is 0 Å². The van der Waals surface area contributed by atoms with Crippen molar-refractivity contribution in [1.82, 2.24) is 0 Å². The van der Waals surface area contributed by atoms with Gasteiger partial charge in [0.05, 0.1) is 0 Å². The smallest absolute Gasteiger partial charge is 0.0118 e. The van der Waals surface area contributed by atoms with Crippen LogP contribution in [0.5, 0.6) is 0 Å². The minimum absolute atomic E-state index is 0.553. The van der Waals surface area contributed by atoms with Crippen LogP contribution in [0.15, 0.2) is 48.5 Å². The first-order chi connectivity index (χ1) is 13.8. The Morgan fingerprint density at radius 3 is 1.29 bits per heavy atom. The van der Waals surface area contributed by atoms with Gasteiger partial charge >= 0.3 is 0 Å². The van der Waals surface area contributed by atoms with E-state index in [4.69, 9.17) is 0 Å². The molecule has 0 nitrogen and oxygen atoms in total. The summed E-state index contributed by atoms with van der Waals surface area (Å²) in [4.78, 5) is 0. The molecule has 0 heterocycles. The van der Waals surface area contributed by atoms with Gasteiger partial charge in [-0.05, 0) is 53.9 Å². The third-order valence-electron chi connectivity index (χ3n) is 6.87. The van der Waals surface area contributed by atoms with Crippen molar-refractivity contribution in [3.05, 3.63) is 70.8 Å². The van der Waals surface area contributed by atoms with E-state index in [0.29, 0.717) is 5.92 Å². The van der Waals surface area contributed by atoms with Crippen LogP contribution in [0.3, 0.4) is 0 Å². The highest BCUT2D eigenvalue weighted by Crippen LogP contribution is 2.39. The normalized spacial score (nSPS) is 17.4. The number of hydrogen-bond acceptors (Lipinski definition) is 0. The Labute approximate surface area is 173 Å². The molecule has 0 radical (unpaired) electrons. The van der Waals surface area contributed by atoms with E-state index in [2.05, 4.69) is 62.4 Å². The Hall–Kier alpha value is -1.56. The average molecular weight is 377 g/mol. The van der Waals surface area contributed by atoms with E-state index in [-0.39, 0.29) is 0 Å². The monoisotopic (exact) mass is 376 g/mol. The largest absolute Gasteiger partial charge is 0.0613 e. The topological polar surface area (TPSA) is 0 Å². The summed E-state index contributed by atoms with van der Waals surface area (Å²) in [7, 11) is 0. The van der Waals surface area contributed by atoms with Crippen molar-refractivity contribution < 1.29 is 0 Å². The van der Waals surface area contributed by atoms with Crippen LogP contribution in [0, 0.1) is 5.92 Å². The summed E-state index contributed by atoms with van der Waals surface area (Å²) >= 11 is 0. The molecule has 0 unspecified atom stereocenters. The van der Waals surface area contributed by atoms with Crippen LogP contribution < -0.4 is 0 Å². The predicted molar refractivity (Wildman–Crippen MR) is 123 cm³/mol. The first kappa shape index (κ1) is 21.2. The van der Waals surface area contributed by atoms with Crippen LogP contribution in [0.1, 0.15) is 106 Å². The fraction of sp³-hybridized carbons (Fsp3) is 0.571. The molecule has 0 N–H and O–H groups in total. The summed E-state index contributed by atoms with van der Waals surface area (Å²) in [5.74, 6) is 1.33. The molecule has 28 heavy (non-hydrogen) atoms. The summed E-state index contributed by atoms with van der Waals surface area (Å²) < 4.78 is 0. The van der Waals surface area contributed by atoms with Gasteiger partial charge in [-0.25, -0.2) is 0 Å². The van der Waals surface area contributed by atoms with Gasteiger partial charge in [-0.2, -0.15) is 0 Å². The van der Waals surface area contributed by atoms with E-state index in [1.165, 1.54) is 86.5 Å². The highest BCUT2D eigenvalue weighted by molar-refractivity contribution is 5.36. The zero-order valence-corrected chi connectivity index (χ0v) is 18.3. The fourth-order valence-electron chi connectivity index (χ4n) is 5.01. The Kier molecular flexibility index (Phi) is 8.65. The van der Waals surface area contributed by atoms with Gasteiger partial charge in [-0.15, -0.1) is 0 Å². The molecule has 2 aromatic rings. The van der Waals surface area contributed by atoms with Crippen molar-refractivity contribution >= 4 is 0 Å². The van der Waals surface area contributed by atoms with Gasteiger partial charge in [0.2, 0.25) is 0 Å². The highest BCUT2D eigenvalue weighted by Gasteiger charge is 2.24. The van der Waals surface area contributed by atoms with Crippen LogP contribution in [0.4, 0.5) is 0 Å². The maximum atomic E-state index is 2.42. The van der Waals surface area contributed by atoms with E-state index in [1.54, 1.807) is 0 Å². The van der Waals surface area contributed by atoms with Crippen LogP contribution in [-0.2, 0) is 12.8 Å². The lowest BCUT2D eigenvalue weighted by atomic mass is 9.75.